The van der Waals surface area contributed by atoms with Crippen molar-refractivity contribution >= 4 is 5.96 Å². The van der Waals surface area contributed by atoms with Crippen molar-refractivity contribution in [2.24, 2.45) is 17.5 Å². The quantitative estimate of drug-likeness (QED) is 0.617. The van der Waals surface area contributed by atoms with Crippen molar-refractivity contribution in [3.8, 4) is 0 Å². The van der Waals surface area contributed by atoms with Crippen LogP contribution in [0.15, 0.2) is 11.3 Å². The Bertz CT molecular complexity index is 434. The van der Waals surface area contributed by atoms with Gasteiger partial charge in [-0.1, -0.05) is 13.8 Å². The van der Waals surface area contributed by atoms with Gasteiger partial charge in [0, 0.05) is 27.2 Å². The molecule has 1 N–H and O–H groups in total. The molecule has 0 unspecified atom stereocenters. The van der Waals surface area contributed by atoms with Gasteiger partial charge in [-0.05, 0) is 11.8 Å². The van der Waals surface area contributed by atoms with Crippen molar-refractivity contribution in [1.82, 2.24) is 25.0 Å². The van der Waals surface area contributed by atoms with Gasteiger partial charge < -0.3 is 14.8 Å². The Labute approximate surface area is 108 Å². The zero-order chi connectivity index (χ0) is 13.2. The Morgan fingerprint density at radius 2 is 2.33 bits per heavy atom. The molecule has 0 amide bonds. The van der Waals surface area contributed by atoms with Crippen LogP contribution in [0.25, 0.3) is 0 Å². The lowest BCUT2D eigenvalue weighted by Gasteiger charge is -2.23. The second-order valence-corrected chi connectivity index (χ2v) is 5.59. The third-order valence-electron chi connectivity index (χ3n) is 3.40. The van der Waals surface area contributed by atoms with E-state index in [-0.39, 0.29) is 0 Å². The summed E-state index contributed by atoms with van der Waals surface area (Å²) < 4.78 is 1.91. The Morgan fingerprint density at radius 3 is 2.83 bits per heavy atom. The first-order chi connectivity index (χ1) is 8.52. The highest BCUT2D eigenvalue weighted by Crippen LogP contribution is 2.28. The molecule has 1 aliphatic rings. The maximum Gasteiger partial charge on any atom is 0.194 e. The highest BCUT2D eigenvalue weighted by atomic mass is 15.3. The van der Waals surface area contributed by atoms with Crippen LogP contribution in [0.1, 0.15) is 26.1 Å². The van der Waals surface area contributed by atoms with E-state index in [0.29, 0.717) is 12.0 Å². The van der Waals surface area contributed by atoms with E-state index >= 15 is 0 Å². The molecule has 0 saturated carbocycles. The molecule has 0 aliphatic carbocycles. The predicted octanol–water partition coefficient (Wildman–Crippen LogP) is 0.622. The third kappa shape index (κ3) is 2.80. The first-order valence-corrected chi connectivity index (χ1v) is 6.30. The van der Waals surface area contributed by atoms with E-state index in [1.165, 1.54) is 6.42 Å². The Balaban J connectivity index is 1.93. The second kappa shape index (κ2) is 4.96. The van der Waals surface area contributed by atoms with Gasteiger partial charge in [0.15, 0.2) is 11.8 Å². The molecule has 0 atom stereocenters. The van der Waals surface area contributed by atoms with Crippen LogP contribution < -0.4 is 5.32 Å². The molecule has 0 bridgehead atoms. The number of aryl methyl sites for hydroxylation is 1. The van der Waals surface area contributed by atoms with E-state index in [2.05, 4.69) is 39.3 Å². The second-order valence-electron chi connectivity index (χ2n) is 5.59. The standard InChI is InChI=1S/C12H22N6/c1-12(2)5-6-18(8-12)11(13-3)14-7-10-16-15-9-17(10)4/h9H,5-8H2,1-4H3,(H,13,14). The minimum Gasteiger partial charge on any atom is -0.349 e. The number of hydrogen-bond donors (Lipinski definition) is 1. The number of aliphatic imine (C=N–C) groups is 1. The average molecular weight is 250 g/mol. The molecule has 0 aromatic carbocycles. The lowest BCUT2D eigenvalue weighted by Crippen LogP contribution is -2.40. The molecule has 1 fully saturated rings. The van der Waals surface area contributed by atoms with E-state index in [0.717, 1.165) is 24.9 Å². The number of likely N-dealkylation sites (tertiary alicyclic amines) is 1. The van der Waals surface area contributed by atoms with Crippen molar-refractivity contribution in [1.29, 1.82) is 0 Å². The molecule has 6 heteroatoms. The smallest absolute Gasteiger partial charge is 0.194 e. The first kappa shape index (κ1) is 12.9. The predicted molar refractivity (Wildman–Crippen MR) is 71.2 cm³/mol. The van der Waals surface area contributed by atoms with Crippen molar-refractivity contribution < 1.29 is 0 Å². The van der Waals surface area contributed by atoms with Gasteiger partial charge >= 0.3 is 0 Å². The van der Waals surface area contributed by atoms with Gasteiger partial charge in [-0.2, -0.15) is 0 Å². The van der Waals surface area contributed by atoms with Crippen LogP contribution in [0.3, 0.4) is 0 Å². The average Bonchev–Trinajstić information content (AvgIpc) is 2.87. The fourth-order valence-electron chi connectivity index (χ4n) is 2.25. The van der Waals surface area contributed by atoms with Crippen LogP contribution in [0.4, 0.5) is 0 Å². The molecule has 2 rings (SSSR count). The van der Waals surface area contributed by atoms with Gasteiger partial charge in [0.25, 0.3) is 0 Å². The summed E-state index contributed by atoms with van der Waals surface area (Å²) in [5.41, 5.74) is 0.377. The summed E-state index contributed by atoms with van der Waals surface area (Å²) in [7, 11) is 3.77. The molecule has 1 saturated heterocycles. The van der Waals surface area contributed by atoms with Crippen LogP contribution in [0, 0.1) is 5.41 Å². The van der Waals surface area contributed by atoms with Crippen molar-refractivity contribution in [2.45, 2.75) is 26.8 Å². The molecule has 18 heavy (non-hydrogen) atoms. The maximum atomic E-state index is 4.34. The number of aromatic nitrogens is 3. The summed E-state index contributed by atoms with van der Waals surface area (Å²) in [6.07, 6.45) is 2.91. The van der Waals surface area contributed by atoms with E-state index in [4.69, 9.17) is 0 Å². The summed E-state index contributed by atoms with van der Waals surface area (Å²) >= 11 is 0. The third-order valence-corrected chi connectivity index (χ3v) is 3.40. The summed E-state index contributed by atoms with van der Waals surface area (Å²) in [5.74, 6) is 1.86. The molecule has 6 nitrogen and oxygen atoms in total. The highest BCUT2D eigenvalue weighted by Gasteiger charge is 2.30. The van der Waals surface area contributed by atoms with Gasteiger partial charge in [-0.25, -0.2) is 0 Å². The molecule has 1 aromatic heterocycles. The Morgan fingerprint density at radius 1 is 1.56 bits per heavy atom. The number of guanidine groups is 1. The normalized spacial score (nSPS) is 19.3. The van der Waals surface area contributed by atoms with Crippen LogP contribution >= 0.6 is 0 Å². The number of hydrogen-bond acceptors (Lipinski definition) is 3. The van der Waals surface area contributed by atoms with Crippen molar-refractivity contribution in [2.75, 3.05) is 20.1 Å². The fraction of sp³-hybridized carbons (Fsp3) is 0.750. The van der Waals surface area contributed by atoms with E-state index < -0.39 is 0 Å². The highest BCUT2D eigenvalue weighted by molar-refractivity contribution is 5.80. The molecule has 2 heterocycles. The summed E-state index contributed by atoms with van der Waals surface area (Å²) in [4.78, 5) is 6.64. The molecule has 1 aliphatic heterocycles. The fourth-order valence-corrected chi connectivity index (χ4v) is 2.25. The summed E-state index contributed by atoms with van der Waals surface area (Å²) in [5, 5.41) is 11.3. The van der Waals surface area contributed by atoms with Crippen LogP contribution in [0.2, 0.25) is 0 Å². The Kier molecular flexibility index (Phi) is 3.54. The topological polar surface area (TPSA) is 58.3 Å². The zero-order valence-electron chi connectivity index (χ0n) is 11.6. The molecule has 0 radical (unpaired) electrons. The monoisotopic (exact) mass is 250 g/mol. The lowest BCUT2D eigenvalue weighted by molar-refractivity contribution is 0.370. The first-order valence-electron chi connectivity index (χ1n) is 6.30. The van der Waals surface area contributed by atoms with E-state index in [9.17, 15) is 0 Å². The minimum absolute atomic E-state index is 0.377. The number of nitrogens with zero attached hydrogens (tertiary/aromatic N) is 5. The zero-order valence-corrected chi connectivity index (χ0v) is 11.6. The van der Waals surface area contributed by atoms with Gasteiger partial charge in [0.2, 0.25) is 0 Å². The lowest BCUT2D eigenvalue weighted by atomic mass is 9.93. The molecular formula is C12H22N6. The van der Waals surface area contributed by atoms with E-state index in [1.807, 2.05) is 18.7 Å². The van der Waals surface area contributed by atoms with Crippen LogP contribution in [-0.4, -0.2) is 45.8 Å². The number of nitrogens with one attached hydrogen (secondary N) is 1. The Hall–Kier alpha value is -1.59. The molecule has 1 aromatic rings. The largest absolute Gasteiger partial charge is 0.349 e. The molecule has 0 spiro atoms. The molecular weight excluding hydrogens is 228 g/mol. The number of rotatable bonds is 2. The van der Waals surface area contributed by atoms with Gasteiger partial charge in [0.05, 0.1) is 6.54 Å². The van der Waals surface area contributed by atoms with Crippen molar-refractivity contribution in [3.05, 3.63) is 12.2 Å². The van der Waals surface area contributed by atoms with Gasteiger partial charge in [-0.15, -0.1) is 10.2 Å². The molecule has 100 valence electrons. The maximum absolute atomic E-state index is 4.34. The van der Waals surface area contributed by atoms with Gasteiger partial charge in [0.1, 0.15) is 6.33 Å². The van der Waals surface area contributed by atoms with Crippen molar-refractivity contribution in [3.63, 3.8) is 0 Å². The van der Waals surface area contributed by atoms with Crippen LogP contribution in [-0.2, 0) is 13.6 Å². The summed E-state index contributed by atoms with van der Waals surface area (Å²) in [6.45, 7) is 7.35. The van der Waals surface area contributed by atoms with Crippen LogP contribution in [0.5, 0.6) is 0 Å². The summed E-state index contributed by atoms with van der Waals surface area (Å²) in [6, 6.07) is 0. The van der Waals surface area contributed by atoms with E-state index in [1.54, 1.807) is 6.33 Å². The van der Waals surface area contributed by atoms with Gasteiger partial charge in [-0.3, -0.25) is 4.99 Å². The SMILES string of the molecule is CN=C(NCc1nncn1C)N1CCC(C)(C)C1. The minimum atomic E-state index is 0.377.